The standard InChI is InChI=1S/C14H22N6O/c1-5-6-15-11-7-12(19-14(18-11)9(2)3)16-8-13-17-10(4)20-21-13/h7,9H,5-6,8H2,1-4H3,(H2,15,16,18,19). The minimum absolute atomic E-state index is 0.263. The molecule has 0 unspecified atom stereocenters. The van der Waals surface area contributed by atoms with Crippen molar-refractivity contribution in [2.75, 3.05) is 17.2 Å². The summed E-state index contributed by atoms with van der Waals surface area (Å²) in [6.45, 7) is 9.39. The van der Waals surface area contributed by atoms with Gasteiger partial charge in [-0.15, -0.1) is 0 Å². The van der Waals surface area contributed by atoms with Crippen molar-refractivity contribution in [2.24, 2.45) is 0 Å². The van der Waals surface area contributed by atoms with Gasteiger partial charge in [-0.05, 0) is 13.3 Å². The molecule has 2 aromatic rings. The Hall–Kier alpha value is -2.18. The summed E-state index contributed by atoms with van der Waals surface area (Å²) in [5.74, 6) is 3.82. The van der Waals surface area contributed by atoms with Gasteiger partial charge in [-0.1, -0.05) is 25.9 Å². The molecule has 2 rings (SSSR count). The zero-order valence-electron chi connectivity index (χ0n) is 13.0. The van der Waals surface area contributed by atoms with Crippen molar-refractivity contribution in [3.63, 3.8) is 0 Å². The third-order valence-electron chi connectivity index (χ3n) is 2.81. The summed E-state index contributed by atoms with van der Waals surface area (Å²) in [6.07, 6.45) is 1.05. The van der Waals surface area contributed by atoms with E-state index >= 15 is 0 Å². The summed E-state index contributed by atoms with van der Waals surface area (Å²) in [6, 6.07) is 1.89. The molecule has 0 aromatic carbocycles. The van der Waals surface area contributed by atoms with Crippen LogP contribution < -0.4 is 10.6 Å². The number of hydrogen-bond donors (Lipinski definition) is 2. The highest BCUT2D eigenvalue weighted by Gasteiger charge is 2.09. The van der Waals surface area contributed by atoms with Crippen LogP contribution in [0.2, 0.25) is 0 Å². The SMILES string of the molecule is CCCNc1cc(NCc2nc(C)no2)nc(C(C)C)n1. The van der Waals surface area contributed by atoms with E-state index in [-0.39, 0.29) is 5.92 Å². The van der Waals surface area contributed by atoms with E-state index in [1.807, 2.05) is 6.07 Å². The average molecular weight is 290 g/mol. The van der Waals surface area contributed by atoms with Gasteiger partial charge in [0, 0.05) is 18.5 Å². The molecule has 7 heteroatoms. The quantitative estimate of drug-likeness (QED) is 0.810. The average Bonchev–Trinajstić information content (AvgIpc) is 2.88. The number of hydrogen-bond acceptors (Lipinski definition) is 7. The van der Waals surface area contributed by atoms with Crippen molar-refractivity contribution in [3.05, 3.63) is 23.6 Å². The van der Waals surface area contributed by atoms with E-state index in [1.54, 1.807) is 6.92 Å². The molecule has 2 N–H and O–H groups in total. The Balaban J connectivity index is 2.11. The van der Waals surface area contributed by atoms with E-state index < -0.39 is 0 Å². The molecular weight excluding hydrogens is 268 g/mol. The van der Waals surface area contributed by atoms with E-state index in [2.05, 4.69) is 51.5 Å². The van der Waals surface area contributed by atoms with Gasteiger partial charge in [0.1, 0.15) is 17.5 Å². The van der Waals surface area contributed by atoms with E-state index in [0.29, 0.717) is 18.3 Å². The molecule has 0 amide bonds. The van der Waals surface area contributed by atoms with Crippen molar-refractivity contribution in [1.82, 2.24) is 20.1 Å². The molecule has 114 valence electrons. The molecule has 2 aromatic heterocycles. The molecule has 0 spiro atoms. The van der Waals surface area contributed by atoms with Gasteiger partial charge in [0.25, 0.3) is 0 Å². The molecule has 0 aliphatic carbocycles. The number of rotatable bonds is 7. The Morgan fingerprint density at radius 2 is 1.86 bits per heavy atom. The zero-order valence-corrected chi connectivity index (χ0v) is 13.0. The van der Waals surface area contributed by atoms with Crippen molar-refractivity contribution >= 4 is 11.6 Å². The molecule has 2 heterocycles. The molecule has 0 atom stereocenters. The lowest BCUT2D eigenvalue weighted by Gasteiger charge is -2.11. The van der Waals surface area contributed by atoms with Gasteiger partial charge in [-0.2, -0.15) is 4.98 Å². The summed E-state index contributed by atoms with van der Waals surface area (Å²) >= 11 is 0. The van der Waals surface area contributed by atoms with Crippen molar-refractivity contribution < 1.29 is 4.52 Å². The van der Waals surface area contributed by atoms with E-state index in [0.717, 1.165) is 30.4 Å². The molecule has 0 fully saturated rings. The van der Waals surface area contributed by atoms with Gasteiger partial charge >= 0.3 is 0 Å². The maximum atomic E-state index is 5.08. The van der Waals surface area contributed by atoms with Crippen LogP contribution in [-0.4, -0.2) is 26.7 Å². The Labute approximate surface area is 124 Å². The second kappa shape index (κ2) is 7.01. The van der Waals surface area contributed by atoms with Gasteiger partial charge in [0.05, 0.1) is 6.54 Å². The fourth-order valence-corrected chi connectivity index (χ4v) is 1.74. The van der Waals surface area contributed by atoms with Crippen LogP contribution in [-0.2, 0) is 6.54 Å². The fourth-order valence-electron chi connectivity index (χ4n) is 1.74. The number of nitrogens with zero attached hydrogens (tertiary/aromatic N) is 4. The van der Waals surface area contributed by atoms with Crippen LogP contribution in [0.3, 0.4) is 0 Å². The monoisotopic (exact) mass is 290 g/mol. The lowest BCUT2D eigenvalue weighted by Crippen LogP contribution is -2.09. The third kappa shape index (κ3) is 4.40. The molecule has 0 saturated carbocycles. The van der Waals surface area contributed by atoms with E-state index in [1.165, 1.54) is 0 Å². The first kappa shape index (κ1) is 15.2. The van der Waals surface area contributed by atoms with Crippen LogP contribution in [0.25, 0.3) is 0 Å². The summed E-state index contributed by atoms with van der Waals surface area (Å²) in [7, 11) is 0. The predicted octanol–water partition coefficient (Wildman–Crippen LogP) is 2.73. The summed E-state index contributed by atoms with van der Waals surface area (Å²) in [5, 5.41) is 10.3. The largest absolute Gasteiger partial charge is 0.370 e. The Morgan fingerprint density at radius 1 is 1.14 bits per heavy atom. The molecule has 0 aliphatic rings. The zero-order chi connectivity index (χ0) is 15.2. The lowest BCUT2D eigenvalue weighted by molar-refractivity contribution is 0.379. The predicted molar refractivity (Wildman–Crippen MR) is 81.3 cm³/mol. The normalized spacial score (nSPS) is 10.9. The maximum Gasteiger partial charge on any atom is 0.245 e. The third-order valence-corrected chi connectivity index (χ3v) is 2.81. The van der Waals surface area contributed by atoms with E-state index in [9.17, 15) is 0 Å². The van der Waals surface area contributed by atoms with Crippen LogP contribution in [0.4, 0.5) is 11.6 Å². The molecule has 21 heavy (non-hydrogen) atoms. The van der Waals surface area contributed by atoms with Crippen molar-refractivity contribution in [3.8, 4) is 0 Å². The Morgan fingerprint density at radius 3 is 2.43 bits per heavy atom. The van der Waals surface area contributed by atoms with Crippen LogP contribution in [0.1, 0.15) is 50.6 Å². The van der Waals surface area contributed by atoms with Gasteiger partial charge < -0.3 is 15.2 Å². The highest BCUT2D eigenvalue weighted by atomic mass is 16.5. The first-order valence-corrected chi connectivity index (χ1v) is 7.24. The van der Waals surface area contributed by atoms with Gasteiger partial charge in [-0.25, -0.2) is 9.97 Å². The Kier molecular flexibility index (Phi) is 5.08. The van der Waals surface area contributed by atoms with Gasteiger partial charge in [0.15, 0.2) is 5.82 Å². The smallest absolute Gasteiger partial charge is 0.245 e. The highest BCUT2D eigenvalue weighted by Crippen LogP contribution is 2.17. The van der Waals surface area contributed by atoms with Crippen LogP contribution in [0.5, 0.6) is 0 Å². The number of aromatic nitrogens is 4. The molecule has 0 bridgehead atoms. The number of anilines is 2. The number of nitrogens with one attached hydrogen (secondary N) is 2. The summed E-state index contributed by atoms with van der Waals surface area (Å²) < 4.78 is 5.08. The fraction of sp³-hybridized carbons (Fsp3) is 0.571. The Bertz CT molecular complexity index is 581. The second-order valence-corrected chi connectivity index (χ2v) is 5.17. The molecule has 0 saturated heterocycles. The molecule has 7 nitrogen and oxygen atoms in total. The topological polar surface area (TPSA) is 88.8 Å². The maximum absolute atomic E-state index is 5.08. The second-order valence-electron chi connectivity index (χ2n) is 5.17. The van der Waals surface area contributed by atoms with Crippen molar-refractivity contribution in [2.45, 2.75) is 46.6 Å². The molecule has 0 aliphatic heterocycles. The minimum Gasteiger partial charge on any atom is -0.370 e. The molecule has 0 radical (unpaired) electrons. The summed E-state index contributed by atoms with van der Waals surface area (Å²) in [4.78, 5) is 13.2. The van der Waals surface area contributed by atoms with Gasteiger partial charge in [-0.3, -0.25) is 0 Å². The first-order chi connectivity index (χ1) is 10.1. The van der Waals surface area contributed by atoms with Crippen molar-refractivity contribution in [1.29, 1.82) is 0 Å². The first-order valence-electron chi connectivity index (χ1n) is 7.24. The lowest BCUT2D eigenvalue weighted by atomic mass is 10.2. The summed E-state index contributed by atoms with van der Waals surface area (Å²) in [5.41, 5.74) is 0. The van der Waals surface area contributed by atoms with Crippen LogP contribution in [0, 0.1) is 6.92 Å². The van der Waals surface area contributed by atoms with E-state index in [4.69, 9.17) is 4.52 Å². The molecular formula is C14H22N6O. The van der Waals surface area contributed by atoms with Crippen LogP contribution in [0.15, 0.2) is 10.6 Å². The van der Waals surface area contributed by atoms with Crippen LogP contribution >= 0.6 is 0 Å². The van der Waals surface area contributed by atoms with Gasteiger partial charge in [0.2, 0.25) is 5.89 Å². The number of aryl methyl sites for hydroxylation is 1. The highest BCUT2D eigenvalue weighted by molar-refractivity contribution is 5.47. The minimum atomic E-state index is 0.263.